The van der Waals surface area contributed by atoms with Crippen LogP contribution in [0.4, 0.5) is 0 Å². The molecule has 118 valence electrons. The summed E-state index contributed by atoms with van der Waals surface area (Å²) in [5.74, 6) is 0.683. The van der Waals surface area contributed by atoms with Gasteiger partial charge in [-0.3, -0.25) is 4.98 Å². The van der Waals surface area contributed by atoms with Crippen LogP contribution in [0, 0.1) is 0 Å². The fourth-order valence-electron chi connectivity index (χ4n) is 2.50. The SMILES string of the molecule is CC(C)c1noc(-c2ccc(Cl)cc2)c1C(O)c1cccnc1. The third-order valence-electron chi connectivity index (χ3n) is 3.68. The molecule has 3 aromatic rings. The zero-order valence-electron chi connectivity index (χ0n) is 12.9. The molecule has 0 aliphatic carbocycles. The molecule has 1 atom stereocenters. The quantitative estimate of drug-likeness (QED) is 0.760. The van der Waals surface area contributed by atoms with Crippen LogP contribution in [0.2, 0.25) is 5.02 Å². The summed E-state index contributed by atoms with van der Waals surface area (Å²) in [4.78, 5) is 4.08. The second kappa shape index (κ2) is 6.52. The highest BCUT2D eigenvalue weighted by molar-refractivity contribution is 6.30. The van der Waals surface area contributed by atoms with Crippen LogP contribution in [0.25, 0.3) is 11.3 Å². The number of pyridine rings is 1. The molecule has 1 unspecified atom stereocenters. The van der Waals surface area contributed by atoms with Gasteiger partial charge in [0.1, 0.15) is 6.10 Å². The third kappa shape index (κ3) is 3.14. The largest absolute Gasteiger partial charge is 0.383 e. The van der Waals surface area contributed by atoms with Crippen LogP contribution in [0.3, 0.4) is 0 Å². The lowest BCUT2D eigenvalue weighted by molar-refractivity contribution is 0.218. The fraction of sp³-hybridized carbons (Fsp3) is 0.222. The molecule has 4 nitrogen and oxygen atoms in total. The Hall–Kier alpha value is -2.17. The van der Waals surface area contributed by atoms with Crippen LogP contribution in [0.5, 0.6) is 0 Å². The zero-order valence-corrected chi connectivity index (χ0v) is 13.7. The Morgan fingerprint density at radius 2 is 1.87 bits per heavy atom. The molecule has 1 aromatic carbocycles. The number of hydrogen-bond acceptors (Lipinski definition) is 4. The molecule has 1 N–H and O–H groups in total. The van der Waals surface area contributed by atoms with Crippen LogP contribution in [-0.4, -0.2) is 15.2 Å². The molecule has 2 aromatic heterocycles. The van der Waals surface area contributed by atoms with Gasteiger partial charge in [-0.15, -0.1) is 0 Å². The first-order valence-electron chi connectivity index (χ1n) is 7.41. The van der Waals surface area contributed by atoms with Crippen LogP contribution in [0.1, 0.15) is 42.7 Å². The first-order valence-corrected chi connectivity index (χ1v) is 7.79. The number of rotatable bonds is 4. The van der Waals surface area contributed by atoms with Crippen LogP contribution < -0.4 is 0 Å². The summed E-state index contributed by atoms with van der Waals surface area (Å²) >= 11 is 5.95. The standard InChI is InChI=1S/C18H17ClN2O2/c1-11(2)16-15(17(22)13-4-3-9-20-10-13)18(23-21-16)12-5-7-14(19)8-6-12/h3-11,17,22H,1-2H3. The Labute approximate surface area is 139 Å². The molecule has 0 aliphatic rings. The minimum absolute atomic E-state index is 0.126. The van der Waals surface area contributed by atoms with E-state index in [1.165, 1.54) is 0 Å². The Kier molecular flexibility index (Phi) is 4.46. The fourth-order valence-corrected chi connectivity index (χ4v) is 2.63. The molecule has 0 radical (unpaired) electrons. The molecule has 0 amide bonds. The number of aromatic nitrogens is 2. The van der Waals surface area contributed by atoms with Crippen molar-refractivity contribution in [2.75, 3.05) is 0 Å². The highest BCUT2D eigenvalue weighted by Gasteiger charge is 2.26. The normalized spacial score (nSPS) is 12.6. The van der Waals surface area contributed by atoms with Crippen LogP contribution in [-0.2, 0) is 0 Å². The molecular weight excluding hydrogens is 312 g/mol. The van der Waals surface area contributed by atoms with Gasteiger partial charge in [-0.25, -0.2) is 0 Å². The number of aliphatic hydroxyl groups excluding tert-OH is 1. The van der Waals surface area contributed by atoms with Gasteiger partial charge in [0.05, 0.1) is 11.3 Å². The Bertz CT molecular complexity index is 783. The monoisotopic (exact) mass is 328 g/mol. The lowest BCUT2D eigenvalue weighted by Crippen LogP contribution is -2.05. The predicted octanol–water partition coefficient (Wildman–Crippen LogP) is 4.60. The van der Waals surface area contributed by atoms with E-state index in [1.54, 1.807) is 30.6 Å². The molecule has 0 bridgehead atoms. The maximum atomic E-state index is 10.8. The summed E-state index contributed by atoms with van der Waals surface area (Å²) in [6, 6.07) is 10.9. The third-order valence-corrected chi connectivity index (χ3v) is 3.93. The van der Waals surface area contributed by atoms with Crippen LogP contribution >= 0.6 is 11.6 Å². The Morgan fingerprint density at radius 1 is 1.13 bits per heavy atom. The molecule has 5 heteroatoms. The van der Waals surface area contributed by atoms with Gasteiger partial charge in [-0.05, 0) is 36.2 Å². The van der Waals surface area contributed by atoms with Gasteiger partial charge in [0.25, 0.3) is 0 Å². The molecule has 0 saturated heterocycles. The van der Waals surface area contributed by atoms with Crippen molar-refractivity contribution in [1.82, 2.24) is 10.1 Å². The summed E-state index contributed by atoms with van der Waals surface area (Å²) < 4.78 is 5.55. The average Bonchev–Trinajstić information content (AvgIpc) is 3.01. The summed E-state index contributed by atoms with van der Waals surface area (Å²) in [7, 11) is 0. The minimum Gasteiger partial charge on any atom is -0.383 e. The van der Waals surface area contributed by atoms with Gasteiger partial charge in [-0.2, -0.15) is 0 Å². The van der Waals surface area contributed by atoms with Crippen molar-refractivity contribution in [2.45, 2.75) is 25.9 Å². The highest BCUT2D eigenvalue weighted by Crippen LogP contribution is 2.37. The Balaban J connectivity index is 2.13. The van der Waals surface area contributed by atoms with Crippen molar-refractivity contribution in [1.29, 1.82) is 0 Å². The van der Waals surface area contributed by atoms with Crippen LogP contribution in [0.15, 0.2) is 53.3 Å². The van der Waals surface area contributed by atoms with Crippen molar-refractivity contribution in [3.63, 3.8) is 0 Å². The average molecular weight is 329 g/mol. The number of halogens is 1. The number of aliphatic hydroxyl groups is 1. The van der Waals surface area contributed by atoms with E-state index < -0.39 is 6.10 Å². The first kappa shape index (κ1) is 15.7. The van der Waals surface area contributed by atoms with E-state index in [-0.39, 0.29) is 5.92 Å². The molecule has 0 saturated carbocycles. The second-order valence-corrected chi connectivity index (χ2v) is 6.10. The molecule has 2 heterocycles. The summed E-state index contributed by atoms with van der Waals surface area (Å²) in [5.41, 5.74) is 2.95. The predicted molar refractivity (Wildman–Crippen MR) is 89.3 cm³/mol. The first-order chi connectivity index (χ1) is 11.1. The minimum atomic E-state index is -0.849. The van der Waals surface area contributed by atoms with Crippen molar-refractivity contribution in [3.05, 3.63) is 70.6 Å². The van der Waals surface area contributed by atoms with Crippen molar-refractivity contribution in [3.8, 4) is 11.3 Å². The molecule has 0 aliphatic heterocycles. The zero-order chi connectivity index (χ0) is 16.4. The Morgan fingerprint density at radius 3 is 2.48 bits per heavy atom. The smallest absolute Gasteiger partial charge is 0.173 e. The van der Waals surface area contributed by atoms with E-state index in [0.717, 1.165) is 11.3 Å². The highest BCUT2D eigenvalue weighted by atomic mass is 35.5. The van der Waals surface area contributed by atoms with E-state index in [2.05, 4.69) is 10.1 Å². The molecule has 0 fully saturated rings. The summed E-state index contributed by atoms with van der Waals surface area (Å²) in [5, 5.41) is 15.7. The maximum Gasteiger partial charge on any atom is 0.173 e. The molecule has 0 spiro atoms. The molecule has 23 heavy (non-hydrogen) atoms. The van der Waals surface area contributed by atoms with E-state index in [4.69, 9.17) is 16.1 Å². The van der Waals surface area contributed by atoms with Gasteiger partial charge in [-0.1, -0.05) is 36.7 Å². The number of hydrogen-bond donors (Lipinski definition) is 1. The van der Waals surface area contributed by atoms with E-state index in [1.807, 2.05) is 32.0 Å². The maximum absolute atomic E-state index is 10.8. The van der Waals surface area contributed by atoms with E-state index in [9.17, 15) is 5.11 Å². The van der Waals surface area contributed by atoms with Crippen molar-refractivity contribution in [2.24, 2.45) is 0 Å². The summed E-state index contributed by atoms with van der Waals surface area (Å²) in [6.07, 6.45) is 2.47. The summed E-state index contributed by atoms with van der Waals surface area (Å²) in [6.45, 7) is 4.03. The van der Waals surface area contributed by atoms with Crippen molar-refractivity contribution < 1.29 is 9.63 Å². The van der Waals surface area contributed by atoms with Gasteiger partial charge < -0.3 is 9.63 Å². The van der Waals surface area contributed by atoms with E-state index in [0.29, 0.717) is 21.9 Å². The topological polar surface area (TPSA) is 59.2 Å². The number of benzene rings is 1. The lowest BCUT2D eigenvalue weighted by Gasteiger charge is -2.13. The molecule has 3 rings (SSSR count). The van der Waals surface area contributed by atoms with Gasteiger partial charge >= 0.3 is 0 Å². The van der Waals surface area contributed by atoms with E-state index >= 15 is 0 Å². The second-order valence-electron chi connectivity index (χ2n) is 5.66. The van der Waals surface area contributed by atoms with Gasteiger partial charge in [0.15, 0.2) is 5.76 Å². The van der Waals surface area contributed by atoms with Crippen molar-refractivity contribution >= 4 is 11.6 Å². The number of nitrogens with zero attached hydrogens (tertiary/aromatic N) is 2. The van der Waals surface area contributed by atoms with Gasteiger partial charge in [0.2, 0.25) is 0 Å². The molecular formula is C18H17ClN2O2. The van der Waals surface area contributed by atoms with Gasteiger partial charge in [0, 0.05) is 28.5 Å². The lowest BCUT2D eigenvalue weighted by atomic mass is 9.94.